The normalized spacial score (nSPS) is 12.5. The van der Waals surface area contributed by atoms with Crippen LogP contribution in [-0.4, -0.2) is 24.1 Å². The summed E-state index contributed by atoms with van der Waals surface area (Å²) < 4.78 is 16.0. The maximum absolute atomic E-state index is 12.1. The second-order valence-corrected chi connectivity index (χ2v) is 4.86. The molecule has 0 aliphatic carbocycles. The van der Waals surface area contributed by atoms with Gasteiger partial charge in [-0.25, -0.2) is 4.79 Å². The second-order valence-electron chi connectivity index (χ2n) is 4.86. The summed E-state index contributed by atoms with van der Waals surface area (Å²) in [7, 11) is 0. The van der Waals surface area contributed by atoms with E-state index in [1.165, 1.54) is 12.1 Å². The van der Waals surface area contributed by atoms with Gasteiger partial charge in [-0.05, 0) is 23.8 Å². The SMILES string of the molecule is O=C(OCc1cccc([N+](=O)[O-])c1)c1ccc2c(c1)OCCO2. The van der Waals surface area contributed by atoms with E-state index in [9.17, 15) is 14.9 Å². The Balaban J connectivity index is 1.67. The zero-order chi connectivity index (χ0) is 16.2. The summed E-state index contributed by atoms with van der Waals surface area (Å²) in [6, 6.07) is 10.8. The minimum Gasteiger partial charge on any atom is -0.486 e. The van der Waals surface area contributed by atoms with Gasteiger partial charge in [0.1, 0.15) is 19.8 Å². The van der Waals surface area contributed by atoms with Gasteiger partial charge < -0.3 is 14.2 Å². The van der Waals surface area contributed by atoms with Gasteiger partial charge in [0.2, 0.25) is 0 Å². The van der Waals surface area contributed by atoms with Crippen LogP contribution in [0.15, 0.2) is 42.5 Å². The van der Waals surface area contributed by atoms with Crippen LogP contribution in [-0.2, 0) is 11.3 Å². The third-order valence-electron chi connectivity index (χ3n) is 3.27. The summed E-state index contributed by atoms with van der Waals surface area (Å²) in [5.74, 6) is 0.556. The molecule has 0 amide bonds. The molecule has 1 aliphatic rings. The maximum Gasteiger partial charge on any atom is 0.338 e. The van der Waals surface area contributed by atoms with E-state index in [1.807, 2.05) is 0 Å². The quantitative estimate of drug-likeness (QED) is 0.490. The van der Waals surface area contributed by atoms with E-state index in [2.05, 4.69) is 0 Å². The Hall–Kier alpha value is -3.09. The van der Waals surface area contributed by atoms with Crippen LogP contribution in [0.3, 0.4) is 0 Å². The molecule has 7 nitrogen and oxygen atoms in total. The van der Waals surface area contributed by atoms with E-state index in [0.29, 0.717) is 35.8 Å². The Morgan fingerprint density at radius 2 is 1.91 bits per heavy atom. The Bertz CT molecular complexity index is 758. The van der Waals surface area contributed by atoms with Crippen molar-refractivity contribution in [1.82, 2.24) is 0 Å². The molecule has 0 saturated heterocycles. The molecule has 0 atom stereocenters. The van der Waals surface area contributed by atoms with Crippen molar-refractivity contribution in [1.29, 1.82) is 0 Å². The van der Waals surface area contributed by atoms with Crippen molar-refractivity contribution in [3.63, 3.8) is 0 Å². The standard InChI is InChI=1S/C16H13NO6/c18-16(12-4-5-14-15(9-12)22-7-6-21-14)23-10-11-2-1-3-13(8-11)17(19)20/h1-5,8-9H,6-7,10H2. The van der Waals surface area contributed by atoms with Crippen LogP contribution in [0.5, 0.6) is 11.5 Å². The molecule has 0 unspecified atom stereocenters. The van der Waals surface area contributed by atoms with E-state index < -0.39 is 10.9 Å². The molecule has 0 aromatic heterocycles. The number of non-ortho nitro benzene ring substituents is 1. The van der Waals surface area contributed by atoms with Gasteiger partial charge >= 0.3 is 5.97 Å². The lowest BCUT2D eigenvalue weighted by Crippen LogP contribution is -2.16. The highest BCUT2D eigenvalue weighted by Crippen LogP contribution is 2.31. The molecule has 1 heterocycles. The van der Waals surface area contributed by atoms with Gasteiger partial charge in [-0.15, -0.1) is 0 Å². The summed E-state index contributed by atoms with van der Waals surface area (Å²) in [4.78, 5) is 22.3. The first-order valence-electron chi connectivity index (χ1n) is 6.93. The lowest BCUT2D eigenvalue weighted by Gasteiger charge is -2.18. The molecule has 7 heteroatoms. The number of hydrogen-bond acceptors (Lipinski definition) is 6. The van der Waals surface area contributed by atoms with E-state index in [-0.39, 0.29) is 12.3 Å². The highest BCUT2D eigenvalue weighted by molar-refractivity contribution is 5.90. The number of nitrogens with zero attached hydrogens (tertiary/aromatic N) is 1. The zero-order valence-corrected chi connectivity index (χ0v) is 12.1. The molecular formula is C16H13NO6. The van der Waals surface area contributed by atoms with Crippen LogP contribution < -0.4 is 9.47 Å². The summed E-state index contributed by atoms with van der Waals surface area (Å²) in [6.07, 6.45) is 0. The van der Waals surface area contributed by atoms with Crippen molar-refractivity contribution in [2.24, 2.45) is 0 Å². The van der Waals surface area contributed by atoms with E-state index in [1.54, 1.807) is 30.3 Å². The molecule has 0 saturated carbocycles. The lowest BCUT2D eigenvalue weighted by atomic mass is 10.2. The number of carbonyl (C=O) groups is 1. The highest BCUT2D eigenvalue weighted by Gasteiger charge is 2.16. The summed E-state index contributed by atoms with van der Waals surface area (Å²) in [5.41, 5.74) is 0.836. The minimum absolute atomic E-state index is 0.0436. The summed E-state index contributed by atoms with van der Waals surface area (Å²) in [6.45, 7) is 0.859. The van der Waals surface area contributed by atoms with Crippen molar-refractivity contribution in [2.75, 3.05) is 13.2 Å². The fraction of sp³-hybridized carbons (Fsp3) is 0.188. The van der Waals surface area contributed by atoms with Crippen LogP contribution in [0.4, 0.5) is 5.69 Å². The average Bonchev–Trinajstić information content (AvgIpc) is 2.59. The number of esters is 1. The molecule has 0 N–H and O–H groups in total. The average molecular weight is 315 g/mol. The molecule has 2 aromatic carbocycles. The molecule has 0 radical (unpaired) electrons. The van der Waals surface area contributed by atoms with Gasteiger partial charge in [-0.1, -0.05) is 12.1 Å². The van der Waals surface area contributed by atoms with Gasteiger partial charge in [0.25, 0.3) is 5.69 Å². The molecule has 0 bridgehead atoms. The first-order chi connectivity index (χ1) is 11.1. The third kappa shape index (κ3) is 3.39. The van der Waals surface area contributed by atoms with Crippen LogP contribution >= 0.6 is 0 Å². The van der Waals surface area contributed by atoms with Gasteiger partial charge in [-0.3, -0.25) is 10.1 Å². The number of fused-ring (bicyclic) bond motifs is 1. The van der Waals surface area contributed by atoms with E-state index in [4.69, 9.17) is 14.2 Å². The fourth-order valence-electron chi connectivity index (χ4n) is 2.16. The second kappa shape index (κ2) is 6.35. The van der Waals surface area contributed by atoms with Gasteiger partial charge in [0.05, 0.1) is 10.5 Å². The number of hydrogen-bond donors (Lipinski definition) is 0. The molecule has 2 aromatic rings. The number of nitro groups is 1. The Kier molecular flexibility index (Phi) is 4.09. The molecular weight excluding hydrogens is 302 g/mol. The number of rotatable bonds is 4. The van der Waals surface area contributed by atoms with Gasteiger partial charge in [-0.2, -0.15) is 0 Å². The largest absolute Gasteiger partial charge is 0.486 e. The third-order valence-corrected chi connectivity index (χ3v) is 3.27. The van der Waals surface area contributed by atoms with Crippen molar-refractivity contribution in [3.8, 4) is 11.5 Å². The monoisotopic (exact) mass is 315 g/mol. The Labute approximate surface area is 131 Å². The topological polar surface area (TPSA) is 87.9 Å². The number of benzene rings is 2. The number of ether oxygens (including phenoxy) is 3. The first kappa shape index (κ1) is 14.8. The van der Waals surface area contributed by atoms with E-state index >= 15 is 0 Å². The molecule has 1 aliphatic heterocycles. The summed E-state index contributed by atoms with van der Waals surface area (Å²) in [5, 5.41) is 10.7. The number of carbonyl (C=O) groups excluding carboxylic acids is 1. The fourth-order valence-corrected chi connectivity index (χ4v) is 2.16. The van der Waals surface area contributed by atoms with Crippen molar-refractivity contribution in [3.05, 3.63) is 63.7 Å². The van der Waals surface area contributed by atoms with Crippen molar-refractivity contribution >= 4 is 11.7 Å². The molecule has 23 heavy (non-hydrogen) atoms. The zero-order valence-electron chi connectivity index (χ0n) is 12.1. The van der Waals surface area contributed by atoms with E-state index in [0.717, 1.165) is 0 Å². The molecule has 0 spiro atoms. The van der Waals surface area contributed by atoms with Crippen LogP contribution in [0, 0.1) is 10.1 Å². The predicted molar refractivity (Wildman–Crippen MR) is 79.6 cm³/mol. The minimum atomic E-state index is -0.534. The van der Waals surface area contributed by atoms with Crippen LogP contribution in [0.1, 0.15) is 15.9 Å². The predicted octanol–water partition coefficient (Wildman–Crippen LogP) is 2.72. The highest BCUT2D eigenvalue weighted by atomic mass is 16.6. The van der Waals surface area contributed by atoms with Crippen molar-refractivity contribution in [2.45, 2.75) is 6.61 Å². The summed E-state index contributed by atoms with van der Waals surface area (Å²) >= 11 is 0. The van der Waals surface area contributed by atoms with Crippen LogP contribution in [0.2, 0.25) is 0 Å². The van der Waals surface area contributed by atoms with Crippen LogP contribution in [0.25, 0.3) is 0 Å². The Morgan fingerprint density at radius 3 is 2.70 bits per heavy atom. The number of nitro benzene ring substituents is 1. The molecule has 0 fully saturated rings. The van der Waals surface area contributed by atoms with Crippen molar-refractivity contribution < 1.29 is 23.9 Å². The van der Waals surface area contributed by atoms with Gasteiger partial charge in [0.15, 0.2) is 11.5 Å². The van der Waals surface area contributed by atoms with Gasteiger partial charge in [0, 0.05) is 12.1 Å². The molecule has 118 valence electrons. The first-order valence-corrected chi connectivity index (χ1v) is 6.93. The molecule has 3 rings (SSSR count). The smallest absolute Gasteiger partial charge is 0.338 e. The lowest BCUT2D eigenvalue weighted by molar-refractivity contribution is -0.384. The Morgan fingerprint density at radius 1 is 1.13 bits per heavy atom. The maximum atomic E-state index is 12.1.